The maximum absolute atomic E-state index is 12.4. The molecule has 4 heteroatoms. The molecule has 0 bridgehead atoms. The Morgan fingerprint density at radius 2 is 1.50 bits per heavy atom. The fourth-order valence-electron chi connectivity index (χ4n) is 4.01. The average molecular weight is 329 g/mol. The van der Waals surface area contributed by atoms with Crippen LogP contribution in [0.3, 0.4) is 0 Å². The van der Waals surface area contributed by atoms with Crippen molar-refractivity contribution in [1.82, 2.24) is 0 Å². The molecule has 22 heavy (non-hydrogen) atoms. The SMILES string of the molecule is CC(C)S(=O)(=O)CC1CCC(C(=O)CC2CCCCC2)CC1. The van der Waals surface area contributed by atoms with Crippen molar-refractivity contribution < 1.29 is 13.2 Å². The van der Waals surface area contributed by atoms with Gasteiger partial charge in [0.15, 0.2) is 9.84 Å². The monoisotopic (exact) mass is 328 g/mol. The van der Waals surface area contributed by atoms with E-state index in [-0.39, 0.29) is 17.1 Å². The first-order valence-corrected chi connectivity index (χ1v) is 10.8. The lowest BCUT2D eigenvalue weighted by atomic mass is 9.77. The van der Waals surface area contributed by atoms with Crippen LogP contribution >= 0.6 is 0 Å². The molecular weight excluding hydrogens is 296 g/mol. The summed E-state index contributed by atoms with van der Waals surface area (Å²) in [7, 11) is -2.94. The van der Waals surface area contributed by atoms with E-state index in [2.05, 4.69) is 0 Å². The minimum absolute atomic E-state index is 0.208. The molecular formula is C18H32O3S. The van der Waals surface area contributed by atoms with Gasteiger partial charge < -0.3 is 0 Å². The van der Waals surface area contributed by atoms with Crippen LogP contribution in [-0.2, 0) is 14.6 Å². The Kier molecular flexibility index (Phi) is 6.48. The van der Waals surface area contributed by atoms with Gasteiger partial charge in [0.1, 0.15) is 5.78 Å². The quantitative estimate of drug-likeness (QED) is 0.736. The molecule has 0 aromatic heterocycles. The minimum Gasteiger partial charge on any atom is -0.299 e. The predicted molar refractivity (Wildman–Crippen MR) is 90.6 cm³/mol. The van der Waals surface area contributed by atoms with Gasteiger partial charge in [-0.15, -0.1) is 0 Å². The fraction of sp³-hybridized carbons (Fsp3) is 0.944. The average Bonchev–Trinajstić information content (AvgIpc) is 2.48. The molecule has 0 aliphatic heterocycles. The van der Waals surface area contributed by atoms with Crippen LogP contribution in [0, 0.1) is 17.8 Å². The van der Waals surface area contributed by atoms with Gasteiger partial charge in [-0.25, -0.2) is 8.42 Å². The van der Waals surface area contributed by atoms with E-state index in [1.165, 1.54) is 32.1 Å². The van der Waals surface area contributed by atoms with E-state index in [1.54, 1.807) is 13.8 Å². The standard InChI is InChI=1S/C18H32O3S/c1-14(2)22(20,21)13-16-8-10-17(11-9-16)18(19)12-15-6-4-3-5-7-15/h14-17H,3-13H2,1-2H3. The summed E-state index contributed by atoms with van der Waals surface area (Å²) in [4.78, 5) is 12.4. The van der Waals surface area contributed by atoms with Crippen LogP contribution in [0.15, 0.2) is 0 Å². The Labute approximate surface area is 136 Å². The van der Waals surface area contributed by atoms with Gasteiger partial charge >= 0.3 is 0 Å². The summed E-state index contributed by atoms with van der Waals surface area (Å²) in [6.45, 7) is 3.52. The van der Waals surface area contributed by atoms with Gasteiger partial charge in [0.05, 0.1) is 11.0 Å². The van der Waals surface area contributed by atoms with Crippen molar-refractivity contribution in [3.63, 3.8) is 0 Å². The number of hydrogen-bond donors (Lipinski definition) is 0. The second-order valence-corrected chi connectivity index (χ2v) is 10.4. The first-order chi connectivity index (χ1) is 10.4. The van der Waals surface area contributed by atoms with E-state index in [0.717, 1.165) is 32.1 Å². The number of carbonyl (C=O) groups excluding carboxylic acids is 1. The second-order valence-electron chi connectivity index (χ2n) is 7.77. The molecule has 2 fully saturated rings. The molecule has 0 atom stereocenters. The molecule has 0 spiro atoms. The van der Waals surface area contributed by atoms with E-state index in [0.29, 0.717) is 17.5 Å². The summed E-state index contributed by atoms with van der Waals surface area (Å²) in [5.41, 5.74) is 0. The summed E-state index contributed by atoms with van der Waals surface area (Å²) < 4.78 is 24.0. The molecule has 0 aromatic carbocycles. The van der Waals surface area contributed by atoms with Crippen molar-refractivity contribution in [2.45, 2.75) is 83.3 Å². The first kappa shape index (κ1) is 18.0. The highest BCUT2D eigenvalue weighted by atomic mass is 32.2. The van der Waals surface area contributed by atoms with E-state index >= 15 is 0 Å². The zero-order valence-corrected chi connectivity index (χ0v) is 15.0. The Morgan fingerprint density at radius 3 is 2.05 bits per heavy atom. The normalized spacial score (nSPS) is 28.0. The van der Waals surface area contributed by atoms with E-state index < -0.39 is 9.84 Å². The van der Waals surface area contributed by atoms with Gasteiger partial charge in [0, 0.05) is 12.3 Å². The highest BCUT2D eigenvalue weighted by Gasteiger charge is 2.31. The van der Waals surface area contributed by atoms with Crippen LogP contribution in [0.5, 0.6) is 0 Å². The van der Waals surface area contributed by atoms with Gasteiger partial charge in [0.25, 0.3) is 0 Å². The third-order valence-corrected chi connectivity index (χ3v) is 8.08. The fourth-order valence-corrected chi connectivity index (χ4v) is 5.39. The van der Waals surface area contributed by atoms with Gasteiger partial charge in [0.2, 0.25) is 0 Å². The van der Waals surface area contributed by atoms with E-state index in [1.807, 2.05) is 0 Å². The maximum Gasteiger partial charge on any atom is 0.152 e. The van der Waals surface area contributed by atoms with Crippen molar-refractivity contribution in [1.29, 1.82) is 0 Å². The van der Waals surface area contributed by atoms with Crippen molar-refractivity contribution in [3.8, 4) is 0 Å². The Bertz CT molecular complexity index is 453. The van der Waals surface area contributed by atoms with Crippen molar-refractivity contribution >= 4 is 15.6 Å². The van der Waals surface area contributed by atoms with Crippen LogP contribution in [-0.4, -0.2) is 25.2 Å². The highest BCUT2D eigenvalue weighted by Crippen LogP contribution is 2.34. The molecule has 0 amide bonds. The van der Waals surface area contributed by atoms with Gasteiger partial charge in [-0.1, -0.05) is 32.1 Å². The zero-order valence-electron chi connectivity index (χ0n) is 14.2. The maximum atomic E-state index is 12.4. The third kappa shape index (κ3) is 5.07. The number of rotatable bonds is 6. The molecule has 2 saturated carbocycles. The first-order valence-electron chi connectivity index (χ1n) is 9.12. The minimum atomic E-state index is -2.94. The second kappa shape index (κ2) is 7.94. The molecule has 0 aromatic rings. The molecule has 2 rings (SSSR count). The summed E-state index contributed by atoms with van der Waals surface area (Å²) in [5, 5.41) is -0.279. The molecule has 3 nitrogen and oxygen atoms in total. The molecule has 0 saturated heterocycles. The molecule has 0 N–H and O–H groups in total. The smallest absolute Gasteiger partial charge is 0.152 e. The molecule has 2 aliphatic rings. The Morgan fingerprint density at radius 1 is 0.909 bits per heavy atom. The van der Waals surface area contributed by atoms with Crippen LogP contribution < -0.4 is 0 Å². The Balaban J connectivity index is 1.75. The van der Waals surface area contributed by atoms with Crippen LogP contribution in [0.25, 0.3) is 0 Å². The number of sulfone groups is 1. The van der Waals surface area contributed by atoms with Crippen molar-refractivity contribution in [2.24, 2.45) is 17.8 Å². The number of carbonyl (C=O) groups is 1. The molecule has 128 valence electrons. The largest absolute Gasteiger partial charge is 0.299 e. The van der Waals surface area contributed by atoms with Crippen LogP contribution in [0.4, 0.5) is 0 Å². The lowest BCUT2D eigenvalue weighted by molar-refractivity contribution is -0.125. The van der Waals surface area contributed by atoms with Gasteiger partial charge in [-0.3, -0.25) is 4.79 Å². The molecule has 0 heterocycles. The van der Waals surface area contributed by atoms with Crippen molar-refractivity contribution in [3.05, 3.63) is 0 Å². The lowest BCUT2D eigenvalue weighted by Gasteiger charge is -2.29. The topological polar surface area (TPSA) is 51.2 Å². The summed E-state index contributed by atoms with van der Waals surface area (Å²) in [6, 6.07) is 0. The summed E-state index contributed by atoms with van der Waals surface area (Å²) in [6.07, 6.45) is 10.8. The molecule has 0 unspecified atom stereocenters. The van der Waals surface area contributed by atoms with Crippen LogP contribution in [0.1, 0.15) is 78.1 Å². The molecule has 0 radical (unpaired) electrons. The summed E-state index contributed by atoms with van der Waals surface area (Å²) >= 11 is 0. The highest BCUT2D eigenvalue weighted by molar-refractivity contribution is 7.91. The number of Topliss-reactive ketones (excluding diaryl/α,β-unsaturated/α-hetero) is 1. The summed E-state index contributed by atoms with van der Waals surface area (Å²) in [5.74, 6) is 1.87. The number of hydrogen-bond acceptors (Lipinski definition) is 3. The van der Waals surface area contributed by atoms with Crippen molar-refractivity contribution in [2.75, 3.05) is 5.75 Å². The Hall–Kier alpha value is -0.380. The molecule has 2 aliphatic carbocycles. The van der Waals surface area contributed by atoms with E-state index in [4.69, 9.17) is 0 Å². The van der Waals surface area contributed by atoms with E-state index in [9.17, 15) is 13.2 Å². The lowest BCUT2D eigenvalue weighted by Crippen LogP contribution is -2.29. The zero-order chi connectivity index (χ0) is 16.2. The van der Waals surface area contributed by atoms with Crippen LogP contribution in [0.2, 0.25) is 0 Å². The van der Waals surface area contributed by atoms with Gasteiger partial charge in [-0.05, 0) is 51.4 Å². The predicted octanol–water partition coefficient (Wildman–Crippen LogP) is 4.16. The number of ketones is 1. The third-order valence-electron chi connectivity index (χ3n) is 5.70. The van der Waals surface area contributed by atoms with Gasteiger partial charge in [-0.2, -0.15) is 0 Å².